The van der Waals surface area contributed by atoms with E-state index in [1.54, 1.807) is 91.0 Å². The summed E-state index contributed by atoms with van der Waals surface area (Å²) < 4.78 is 28.3. The lowest BCUT2D eigenvalue weighted by Gasteiger charge is -2.26. The van der Waals surface area contributed by atoms with Crippen molar-refractivity contribution >= 4 is 17.9 Å². The molecule has 5 atom stereocenters. The van der Waals surface area contributed by atoms with E-state index in [9.17, 15) is 14.4 Å². The fourth-order valence-electron chi connectivity index (χ4n) is 3.83. The largest absolute Gasteiger partial charge is 0.452 e. The predicted octanol–water partition coefficient (Wildman–Crippen LogP) is 3.67. The molecule has 8 nitrogen and oxygen atoms in total. The van der Waals surface area contributed by atoms with Gasteiger partial charge in [0.25, 0.3) is 0 Å². The molecule has 0 spiro atoms. The summed E-state index contributed by atoms with van der Waals surface area (Å²) in [4.78, 5) is 38.6. The Balaban J connectivity index is 1.62. The van der Waals surface area contributed by atoms with Gasteiger partial charge in [0.1, 0.15) is 6.10 Å². The van der Waals surface area contributed by atoms with E-state index in [0.717, 1.165) is 0 Å². The molecule has 1 fully saturated rings. The summed E-state index contributed by atoms with van der Waals surface area (Å²) in [6, 6.07) is 24.8. The summed E-state index contributed by atoms with van der Waals surface area (Å²) in [5, 5.41) is 0. The van der Waals surface area contributed by atoms with Crippen LogP contribution in [-0.2, 0) is 23.7 Å². The minimum Gasteiger partial charge on any atom is -0.452 e. The average molecular weight is 501 g/mol. The van der Waals surface area contributed by atoms with Crippen molar-refractivity contribution < 1.29 is 38.1 Å². The molecule has 0 unspecified atom stereocenters. The Morgan fingerprint density at radius 2 is 1.16 bits per heavy atom. The van der Waals surface area contributed by atoms with Gasteiger partial charge in [-0.1, -0.05) is 60.5 Å². The molecule has 0 amide bonds. The zero-order chi connectivity index (χ0) is 26.2. The second-order valence-electron chi connectivity index (χ2n) is 8.04. The standard InChI is InChI=1S/C29H24O8/c1-3-22(34-26(30)19-13-7-4-8-14-19)23-24(35-27(31)20-15-9-5-10-16-20)25(29(33-2)37-23)36-28(32)21-17-11-6-12-18-21/h1,4-18,22-25,29H,2H3/t22-,23-,24-,25-,29-/m0/s1. The summed E-state index contributed by atoms with van der Waals surface area (Å²) in [6.45, 7) is 0. The van der Waals surface area contributed by atoms with Crippen molar-refractivity contribution in [2.24, 2.45) is 0 Å². The van der Waals surface area contributed by atoms with Crippen molar-refractivity contribution in [1.82, 2.24) is 0 Å². The van der Waals surface area contributed by atoms with E-state index in [0.29, 0.717) is 0 Å². The lowest BCUT2D eigenvalue weighted by Crippen LogP contribution is -2.45. The number of benzene rings is 3. The van der Waals surface area contributed by atoms with E-state index < -0.39 is 48.6 Å². The highest BCUT2D eigenvalue weighted by molar-refractivity contribution is 5.91. The van der Waals surface area contributed by atoms with Crippen LogP contribution in [0.1, 0.15) is 31.1 Å². The van der Waals surface area contributed by atoms with Crippen LogP contribution in [0, 0.1) is 12.3 Å². The van der Waals surface area contributed by atoms with E-state index in [2.05, 4.69) is 5.92 Å². The highest BCUT2D eigenvalue weighted by atomic mass is 16.7. The number of rotatable bonds is 8. The maximum atomic E-state index is 13.0. The van der Waals surface area contributed by atoms with Gasteiger partial charge in [0, 0.05) is 7.11 Å². The lowest BCUT2D eigenvalue weighted by atomic mass is 10.0. The van der Waals surface area contributed by atoms with Gasteiger partial charge in [-0.2, -0.15) is 0 Å². The molecule has 8 heteroatoms. The minimum atomic E-state index is -1.29. The highest BCUT2D eigenvalue weighted by Gasteiger charge is 2.54. The normalized spacial score (nSPS) is 21.3. The number of terminal acetylenes is 1. The van der Waals surface area contributed by atoms with Gasteiger partial charge in [-0.15, -0.1) is 6.42 Å². The van der Waals surface area contributed by atoms with E-state index in [4.69, 9.17) is 30.1 Å². The number of ether oxygens (including phenoxy) is 5. The van der Waals surface area contributed by atoms with Crippen LogP contribution in [0.25, 0.3) is 0 Å². The number of hydrogen-bond acceptors (Lipinski definition) is 8. The molecule has 0 radical (unpaired) electrons. The lowest BCUT2D eigenvalue weighted by molar-refractivity contribution is -0.160. The molecule has 3 aromatic carbocycles. The summed E-state index contributed by atoms with van der Waals surface area (Å²) in [7, 11) is 1.34. The molecule has 0 N–H and O–H groups in total. The first-order valence-corrected chi connectivity index (χ1v) is 11.4. The SMILES string of the molecule is C#C[C@H](OC(=O)c1ccccc1)[C@@H]1O[C@H](OC)[C@@H](OC(=O)c2ccccc2)[C@H]1OC(=O)c1ccccc1. The number of methoxy groups -OCH3 is 1. The Kier molecular flexibility index (Phi) is 8.31. The van der Waals surface area contributed by atoms with Crippen LogP contribution in [0.3, 0.4) is 0 Å². The third-order valence-electron chi connectivity index (χ3n) is 5.65. The zero-order valence-corrected chi connectivity index (χ0v) is 19.9. The molecule has 188 valence electrons. The molecular weight excluding hydrogens is 476 g/mol. The predicted molar refractivity (Wildman–Crippen MR) is 131 cm³/mol. The number of carbonyl (C=O) groups is 3. The summed E-state index contributed by atoms with van der Waals surface area (Å²) in [5.74, 6) is 0.296. The maximum Gasteiger partial charge on any atom is 0.339 e. The van der Waals surface area contributed by atoms with Gasteiger partial charge >= 0.3 is 17.9 Å². The van der Waals surface area contributed by atoms with Crippen LogP contribution >= 0.6 is 0 Å². The van der Waals surface area contributed by atoms with E-state index in [1.807, 2.05) is 0 Å². The molecule has 0 aliphatic carbocycles. The molecule has 0 aromatic heterocycles. The summed E-state index contributed by atoms with van der Waals surface area (Å²) in [5.41, 5.74) is 0.806. The topological polar surface area (TPSA) is 97.4 Å². The molecule has 0 saturated carbocycles. The Bertz CT molecular complexity index is 1250. The molecule has 1 aliphatic heterocycles. The number of hydrogen-bond donors (Lipinski definition) is 0. The fourth-order valence-corrected chi connectivity index (χ4v) is 3.83. The van der Waals surface area contributed by atoms with Crippen molar-refractivity contribution in [3.8, 4) is 12.3 Å². The van der Waals surface area contributed by atoms with Gasteiger partial charge in [0.2, 0.25) is 0 Å². The first-order chi connectivity index (χ1) is 18.0. The van der Waals surface area contributed by atoms with Crippen LogP contribution in [-0.4, -0.2) is 55.7 Å². The molecule has 37 heavy (non-hydrogen) atoms. The third-order valence-corrected chi connectivity index (χ3v) is 5.65. The third kappa shape index (κ3) is 6.04. The molecule has 1 heterocycles. The Morgan fingerprint density at radius 3 is 1.59 bits per heavy atom. The molecule has 3 aromatic rings. The van der Waals surface area contributed by atoms with Crippen LogP contribution in [0.4, 0.5) is 0 Å². The second-order valence-corrected chi connectivity index (χ2v) is 8.04. The molecular formula is C29H24O8. The van der Waals surface area contributed by atoms with Gasteiger partial charge in [-0.3, -0.25) is 0 Å². The van der Waals surface area contributed by atoms with Gasteiger partial charge < -0.3 is 23.7 Å². The first-order valence-electron chi connectivity index (χ1n) is 11.4. The average Bonchev–Trinajstić information content (AvgIpc) is 3.29. The monoisotopic (exact) mass is 500 g/mol. The van der Waals surface area contributed by atoms with E-state index in [1.165, 1.54) is 7.11 Å². The Morgan fingerprint density at radius 1 is 0.730 bits per heavy atom. The molecule has 4 rings (SSSR count). The second kappa shape index (κ2) is 12.0. The van der Waals surface area contributed by atoms with Gasteiger partial charge in [-0.25, -0.2) is 14.4 Å². The van der Waals surface area contributed by atoms with Gasteiger partial charge in [0.15, 0.2) is 24.6 Å². The summed E-state index contributed by atoms with van der Waals surface area (Å²) in [6.07, 6.45) is -0.388. The molecule has 1 saturated heterocycles. The Hall–Kier alpha value is -4.45. The fraction of sp³-hybridized carbons (Fsp3) is 0.207. The Labute approximate surface area is 214 Å². The van der Waals surface area contributed by atoms with Gasteiger partial charge in [-0.05, 0) is 36.4 Å². The van der Waals surface area contributed by atoms with Crippen LogP contribution in [0.15, 0.2) is 91.0 Å². The van der Waals surface area contributed by atoms with Crippen molar-refractivity contribution in [2.45, 2.75) is 30.7 Å². The minimum absolute atomic E-state index is 0.258. The highest BCUT2D eigenvalue weighted by Crippen LogP contribution is 2.32. The van der Waals surface area contributed by atoms with Crippen molar-refractivity contribution in [3.63, 3.8) is 0 Å². The first kappa shape index (κ1) is 25.6. The summed E-state index contributed by atoms with van der Waals surface area (Å²) >= 11 is 0. The molecule has 1 aliphatic rings. The number of esters is 3. The molecule has 0 bridgehead atoms. The van der Waals surface area contributed by atoms with Crippen LogP contribution < -0.4 is 0 Å². The van der Waals surface area contributed by atoms with Crippen molar-refractivity contribution in [1.29, 1.82) is 0 Å². The van der Waals surface area contributed by atoms with Crippen LogP contribution in [0.2, 0.25) is 0 Å². The van der Waals surface area contributed by atoms with Crippen molar-refractivity contribution in [2.75, 3.05) is 7.11 Å². The van der Waals surface area contributed by atoms with Gasteiger partial charge in [0.05, 0.1) is 16.7 Å². The van der Waals surface area contributed by atoms with Crippen LogP contribution in [0.5, 0.6) is 0 Å². The van der Waals surface area contributed by atoms with E-state index in [-0.39, 0.29) is 16.7 Å². The maximum absolute atomic E-state index is 13.0. The quantitative estimate of drug-likeness (QED) is 0.263. The zero-order valence-electron chi connectivity index (χ0n) is 19.9. The smallest absolute Gasteiger partial charge is 0.339 e. The van der Waals surface area contributed by atoms with Crippen molar-refractivity contribution in [3.05, 3.63) is 108 Å². The number of carbonyl (C=O) groups excluding carboxylic acids is 3. The van der Waals surface area contributed by atoms with E-state index >= 15 is 0 Å².